The molecule has 0 bridgehead atoms. The first-order chi connectivity index (χ1) is 3.13. The van der Waals surface area contributed by atoms with Gasteiger partial charge in [-0.2, -0.15) is 0 Å². The molecule has 1 atom stereocenters. The molecule has 44 valence electrons. The van der Waals surface area contributed by atoms with Crippen LogP contribution in [0.1, 0.15) is 6.92 Å². The van der Waals surface area contributed by atoms with E-state index in [0.29, 0.717) is 6.54 Å². The van der Waals surface area contributed by atoms with E-state index in [4.69, 9.17) is 10.9 Å². The maximum atomic E-state index is 8.60. The van der Waals surface area contributed by atoms with Gasteiger partial charge >= 0.3 is 0 Å². The van der Waals surface area contributed by atoms with Crippen LogP contribution in [-0.4, -0.2) is 29.8 Å². The molecule has 0 aliphatic rings. The van der Waals surface area contributed by atoms with Gasteiger partial charge in [-0.05, 0) is 6.92 Å². The third-order valence-electron chi connectivity index (χ3n) is 0.552. The van der Waals surface area contributed by atoms with Crippen LogP contribution < -0.4 is 5.84 Å². The van der Waals surface area contributed by atoms with Crippen LogP contribution in [0.2, 0.25) is 0 Å². The molecule has 0 amide bonds. The van der Waals surface area contributed by atoms with E-state index in [9.17, 15) is 0 Å². The molecule has 0 unspecified atom stereocenters. The highest BCUT2D eigenvalue weighted by Crippen LogP contribution is 1.77. The highest BCUT2D eigenvalue weighted by Gasteiger charge is 1.94. The summed E-state index contributed by atoms with van der Waals surface area (Å²) in [4.78, 5) is 0. The molecule has 0 rings (SSSR count). The Morgan fingerprint density at radius 3 is 2.29 bits per heavy atom. The van der Waals surface area contributed by atoms with E-state index in [1.165, 1.54) is 5.01 Å². The third kappa shape index (κ3) is 5.88. The number of likely N-dealkylation sites (N-methyl/N-ethyl adjacent to an activating group) is 1. The van der Waals surface area contributed by atoms with Crippen molar-refractivity contribution < 1.29 is 5.11 Å². The van der Waals surface area contributed by atoms with Crippen molar-refractivity contribution in [2.45, 2.75) is 13.0 Å². The van der Waals surface area contributed by atoms with Crippen molar-refractivity contribution in [3.63, 3.8) is 0 Å². The number of hydrogen-bond donors (Lipinski definition) is 2. The van der Waals surface area contributed by atoms with E-state index < -0.39 is 0 Å². The van der Waals surface area contributed by atoms with Crippen LogP contribution in [0.3, 0.4) is 0 Å². The molecule has 3 heteroatoms. The molecule has 0 fully saturated rings. The number of aliphatic hydroxyl groups excluding tert-OH is 1. The molecule has 0 aliphatic carbocycles. The second kappa shape index (κ2) is 2.96. The molecule has 0 aromatic heterocycles. The maximum Gasteiger partial charge on any atom is 0.0652 e. The van der Waals surface area contributed by atoms with E-state index in [0.717, 1.165) is 0 Å². The molecule has 0 aromatic rings. The van der Waals surface area contributed by atoms with Crippen LogP contribution in [0.4, 0.5) is 0 Å². The summed E-state index contributed by atoms with van der Waals surface area (Å²) in [5, 5.41) is 10.1. The molecule has 0 spiro atoms. The van der Waals surface area contributed by atoms with Crippen molar-refractivity contribution in [1.29, 1.82) is 0 Å². The Bertz CT molecular complexity index is 39.0. The van der Waals surface area contributed by atoms with Gasteiger partial charge in [-0.1, -0.05) is 0 Å². The topological polar surface area (TPSA) is 49.5 Å². The summed E-state index contributed by atoms with van der Waals surface area (Å²) in [7, 11) is 1.72. The fraction of sp³-hybridized carbons (Fsp3) is 1.00. The third-order valence-corrected chi connectivity index (χ3v) is 0.552. The van der Waals surface area contributed by atoms with Gasteiger partial charge in [0.15, 0.2) is 0 Å². The highest BCUT2D eigenvalue weighted by molar-refractivity contribution is 4.46. The Hall–Kier alpha value is -0.120. The quantitative estimate of drug-likeness (QED) is 0.355. The van der Waals surface area contributed by atoms with Crippen molar-refractivity contribution in [3.05, 3.63) is 0 Å². The SMILES string of the molecule is C[C@H](O)CN(C)N. The lowest BCUT2D eigenvalue weighted by molar-refractivity contribution is 0.142. The first-order valence-electron chi connectivity index (χ1n) is 2.27. The van der Waals surface area contributed by atoms with Crippen molar-refractivity contribution in [3.8, 4) is 0 Å². The number of hydrazine groups is 1. The second-order valence-corrected chi connectivity index (χ2v) is 1.79. The molecule has 0 saturated heterocycles. The zero-order chi connectivity index (χ0) is 5.86. The van der Waals surface area contributed by atoms with Gasteiger partial charge in [0.1, 0.15) is 0 Å². The summed E-state index contributed by atoms with van der Waals surface area (Å²) >= 11 is 0. The van der Waals surface area contributed by atoms with Crippen LogP contribution in [0.5, 0.6) is 0 Å². The summed E-state index contributed by atoms with van der Waals surface area (Å²) < 4.78 is 0. The molecule has 0 aliphatic heterocycles. The minimum atomic E-state index is -0.324. The van der Waals surface area contributed by atoms with Gasteiger partial charge in [-0.15, -0.1) is 0 Å². The van der Waals surface area contributed by atoms with E-state index >= 15 is 0 Å². The fourth-order valence-corrected chi connectivity index (χ4v) is 0.417. The molecule has 3 N–H and O–H groups in total. The minimum Gasteiger partial charge on any atom is -0.392 e. The van der Waals surface area contributed by atoms with Crippen molar-refractivity contribution in [1.82, 2.24) is 5.01 Å². The zero-order valence-electron chi connectivity index (χ0n) is 4.76. The summed E-state index contributed by atoms with van der Waals surface area (Å²) in [5.74, 6) is 5.17. The number of hydrogen-bond acceptors (Lipinski definition) is 3. The molecule has 7 heavy (non-hydrogen) atoms. The lowest BCUT2D eigenvalue weighted by Gasteiger charge is -2.09. The average molecular weight is 104 g/mol. The maximum absolute atomic E-state index is 8.60. The summed E-state index contributed by atoms with van der Waals surface area (Å²) in [5.41, 5.74) is 0. The van der Waals surface area contributed by atoms with Gasteiger partial charge in [0.2, 0.25) is 0 Å². The van der Waals surface area contributed by atoms with Gasteiger partial charge < -0.3 is 5.11 Å². The Morgan fingerprint density at radius 2 is 2.29 bits per heavy atom. The van der Waals surface area contributed by atoms with Crippen LogP contribution in [0, 0.1) is 0 Å². The van der Waals surface area contributed by atoms with Gasteiger partial charge in [0, 0.05) is 13.6 Å². The predicted octanol–water partition coefficient (Wildman–Crippen LogP) is -0.827. The van der Waals surface area contributed by atoms with Gasteiger partial charge in [-0.25, -0.2) is 5.01 Å². The Morgan fingerprint density at radius 1 is 1.86 bits per heavy atom. The molecular weight excluding hydrogens is 92.1 g/mol. The predicted molar refractivity (Wildman–Crippen MR) is 28.5 cm³/mol. The molecule has 0 heterocycles. The normalized spacial score (nSPS) is 15.0. The van der Waals surface area contributed by atoms with Crippen molar-refractivity contribution in [2.75, 3.05) is 13.6 Å². The second-order valence-electron chi connectivity index (χ2n) is 1.79. The largest absolute Gasteiger partial charge is 0.392 e. The Kier molecular flexibility index (Phi) is 2.91. The van der Waals surface area contributed by atoms with Crippen LogP contribution in [0.25, 0.3) is 0 Å². The smallest absolute Gasteiger partial charge is 0.0652 e. The van der Waals surface area contributed by atoms with Crippen LogP contribution in [-0.2, 0) is 0 Å². The first kappa shape index (κ1) is 6.88. The molecule has 0 saturated carbocycles. The van der Waals surface area contributed by atoms with Gasteiger partial charge in [-0.3, -0.25) is 5.84 Å². The van der Waals surface area contributed by atoms with Crippen LogP contribution >= 0.6 is 0 Å². The summed E-state index contributed by atoms with van der Waals surface area (Å²) in [6.45, 7) is 2.23. The lowest BCUT2D eigenvalue weighted by Crippen LogP contribution is -2.32. The molecule has 3 nitrogen and oxygen atoms in total. The fourth-order valence-electron chi connectivity index (χ4n) is 0.417. The minimum absolute atomic E-state index is 0.324. The van der Waals surface area contributed by atoms with Crippen LogP contribution in [0.15, 0.2) is 0 Å². The first-order valence-corrected chi connectivity index (χ1v) is 2.27. The Labute approximate surface area is 43.7 Å². The molecular formula is C4H12N2O. The average Bonchev–Trinajstić information content (AvgIpc) is 1.27. The zero-order valence-corrected chi connectivity index (χ0v) is 4.76. The number of nitrogens with zero attached hydrogens (tertiary/aromatic N) is 1. The molecule has 0 radical (unpaired) electrons. The highest BCUT2D eigenvalue weighted by atomic mass is 16.3. The summed E-state index contributed by atoms with van der Waals surface area (Å²) in [6, 6.07) is 0. The van der Waals surface area contributed by atoms with Gasteiger partial charge in [0.05, 0.1) is 6.10 Å². The van der Waals surface area contributed by atoms with Gasteiger partial charge in [0.25, 0.3) is 0 Å². The van der Waals surface area contributed by atoms with E-state index in [-0.39, 0.29) is 6.10 Å². The van der Waals surface area contributed by atoms with E-state index in [1.54, 1.807) is 14.0 Å². The summed E-state index contributed by atoms with van der Waals surface area (Å²) in [6.07, 6.45) is -0.324. The van der Waals surface area contributed by atoms with Crippen molar-refractivity contribution in [2.24, 2.45) is 5.84 Å². The molecule has 0 aromatic carbocycles. The monoisotopic (exact) mass is 104 g/mol. The van der Waals surface area contributed by atoms with E-state index in [1.807, 2.05) is 0 Å². The number of aliphatic hydroxyl groups is 1. The van der Waals surface area contributed by atoms with Crippen molar-refractivity contribution >= 4 is 0 Å². The number of nitrogens with two attached hydrogens (primary N) is 1. The Balaban J connectivity index is 2.95. The number of rotatable bonds is 2. The standard InChI is InChI=1S/C4H12N2O/c1-4(7)3-6(2)5/h4,7H,3,5H2,1-2H3/t4-/m0/s1. The lowest BCUT2D eigenvalue weighted by atomic mass is 10.4. The van der Waals surface area contributed by atoms with E-state index in [2.05, 4.69) is 0 Å².